The normalized spacial score (nSPS) is 13.4. The van der Waals surface area contributed by atoms with Crippen LogP contribution < -0.4 is 0 Å². The minimum atomic E-state index is -2.48. The van der Waals surface area contributed by atoms with Crippen molar-refractivity contribution in [3.8, 4) is 0 Å². The molecule has 0 aromatic carbocycles. The number of hydrogen-bond acceptors (Lipinski definition) is 1. The van der Waals surface area contributed by atoms with Gasteiger partial charge in [0, 0.05) is 6.42 Å². The molecule has 0 saturated carbocycles. The quantitative estimate of drug-likeness (QED) is 0.611. The van der Waals surface area contributed by atoms with Gasteiger partial charge in [0.1, 0.15) is 5.78 Å². The van der Waals surface area contributed by atoms with Crippen LogP contribution in [0.25, 0.3) is 0 Å². The lowest BCUT2D eigenvalue weighted by Gasteiger charge is -2.12. The lowest BCUT2D eigenvalue weighted by Crippen LogP contribution is -2.21. The third kappa shape index (κ3) is 3.79. The average Bonchev–Trinajstić information content (AvgIpc) is 2.04. The second-order valence-electron chi connectivity index (χ2n) is 2.90. The van der Waals surface area contributed by atoms with Gasteiger partial charge in [-0.2, -0.15) is 0 Å². The average molecular weight is 178 g/mol. The Morgan fingerprint density at radius 3 is 2.25 bits per heavy atom. The van der Waals surface area contributed by atoms with Gasteiger partial charge in [0.25, 0.3) is 0 Å². The van der Waals surface area contributed by atoms with E-state index in [1.165, 1.54) is 0 Å². The zero-order chi connectivity index (χ0) is 9.56. The van der Waals surface area contributed by atoms with E-state index in [4.69, 9.17) is 0 Å². The highest BCUT2D eigenvalue weighted by Crippen LogP contribution is 2.19. The zero-order valence-electron chi connectivity index (χ0n) is 7.65. The van der Waals surface area contributed by atoms with Crippen LogP contribution in [0.15, 0.2) is 0 Å². The summed E-state index contributed by atoms with van der Waals surface area (Å²) >= 11 is 0. The predicted octanol–water partition coefficient (Wildman–Crippen LogP) is 3.04. The standard InChI is InChI=1S/C9H16F2O/c1-3-5-6-7(9(10)11)8(12)4-2/h7,9H,3-6H2,1-2H3. The first-order valence-corrected chi connectivity index (χ1v) is 4.44. The highest BCUT2D eigenvalue weighted by molar-refractivity contribution is 5.81. The summed E-state index contributed by atoms with van der Waals surface area (Å²) in [6.45, 7) is 3.56. The van der Waals surface area contributed by atoms with Crippen molar-refractivity contribution in [3.63, 3.8) is 0 Å². The molecule has 0 N–H and O–H groups in total. The highest BCUT2D eigenvalue weighted by Gasteiger charge is 2.25. The van der Waals surface area contributed by atoms with E-state index in [-0.39, 0.29) is 12.2 Å². The summed E-state index contributed by atoms with van der Waals surface area (Å²) in [5.41, 5.74) is 0. The van der Waals surface area contributed by atoms with Crippen LogP contribution in [0.2, 0.25) is 0 Å². The Hall–Kier alpha value is -0.470. The molecule has 0 fully saturated rings. The number of carbonyl (C=O) groups excluding carboxylic acids is 1. The maximum absolute atomic E-state index is 12.2. The van der Waals surface area contributed by atoms with Gasteiger partial charge in [0.2, 0.25) is 6.43 Å². The van der Waals surface area contributed by atoms with Gasteiger partial charge in [-0.25, -0.2) is 8.78 Å². The maximum atomic E-state index is 12.2. The van der Waals surface area contributed by atoms with Crippen LogP contribution in [-0.4, -0.2) is 12.2 Å². The molecular formula is C9H16F2O. The van der Waals surface area contributed by atoms with E-state index in [0.717, 1.165) is 6.42 Å². The number of Topliss-reactive ketones (excluding diaryl/α,β-unsaturated/α-hetero) is 1. The first-order valence-electron chi connectivity index (χ1n) is 4.44. The van der Waals surface area contributed by atoms with Gasteiger partial charge in [-0.05, 0) is 6.42 Å². The Labute approximate surface area is 72.2 Å². The molecule has 3 heteroatoms. The van der Waals surface area contributed by atoms with E-state index in [1.807, 2.05) is 6.92 Å². The van der Waals surface area contributed by atoms with Crippen molar-refractivity contribution < 1.29 is 13.6 Å². The Morgan fingerprint density at radius 1 is 1.33 bits per heavy atom. The molecule has 12 heavy (non-hydrogen) atoms. The molecule has 0 aromatic heterocycles. The number of unbranched alkanes of at least 4 members (excludes halogenated alkanes) is 1. The van der Waals surface area contributed by atoms with Gasteiger partial charge in [-0.3, -0.25) is 4.79 Å². The topological polar surface area (TPSA) is 17.1 Å². The lowest BCUT2D eigenvalue weighted by atomic mass is 9.96. The van der Waals surface area contributed by atoms with Crippen molar-refractivity contribution in [3.05, 3.63) is 0 Å². The fourth-order valence-corrected chi connectivity index (χ4v) is 1.11. The summed E-state index contributed by atoms with van der Waals surface area (Å²) in [5.74, 6) is -1.33. The number of hydrogen-bond donors (Lipinski definition) is 0. The monoisotopic (exact) mass is 178 g/mol. The molecule has 1 atom stereocenters. The molecule has 0 spiro atoms. The lowest BCUT2D eigenvalue weighted by molar-refractivity contribution is -0.127. The Morgan fingerprint density at radius 2 is 1.92 bits per heavy atom. The van der Waals surface area contributed by atoms with Gasteiger partial charge in [0.15, 0.2) is 0 Å². The number of carbonyl (C=O) groups is 1. The first kappa shape index (κ1) is 11.5. The Kier molecular flexibility index (Phi) is 5.85. The van der Waals surface area contributed by atoms with Gasteiger partial charge in [-0.1, -0.05) is 26.7 Å². The second-order valence-corrected chi connectivity index (χ2v) is 2.90. The van der Waals surface area contributed by atoms with Crippen molar-refractivity contribution in [2.75, 3.05) is 0 Å². The first-order chi connectivity index (χ1) is 5.63. The van der Waals surface area contributed by atoms with Crippen molar-refractivity contribution in [2.24, 2.45) is 5.92 Å². The highest BCUT2D eigenvalue weighted by atomic mass is 19.3. The molecular weight excluding hydrogens is 162 g/mol. The molecule has 0 aromatic rings. The van der Waals surface area contributed by atoms with E-state index in [1.54, 1.807) is 6.92 Å². The molecule has 0 radical (unpaired) electrons. The van der Waals surface area contributed by atoms with Gasteiger partial charge in [-0.15, -0.1) is 0 Å². The van der Waals surface area contributed by atoms with Crippen LogP contribution in [0.4, 0.5) is 8.78 Å². The summed E-state index contributed by atoms with van der Waals surface area (Å²) < 4.78 is 24.5. The van der Waals surface area contributed by atoms with Crippen LogP contribution >= 0.6 is 0 Å². The number of rotatable bonds is 6. The predicted molar refractivity (Wildman–Crippen MR) is 44.3 cm³/mol. The number of alkyl halides is 2. The van der Waals surface area contributed by atoms with E-state index in [2.05, 4.69) is 0 Å². The van der Waals surface area contributed by atoms with Crippen molar-refractivity contribution in [2.45, 2.75) is 46.0 Å². The fraction of sp³-hybridized carbons (Fsp3) is 0.889. The summed E-state index contributed by atoms with van der Waals surface area (Å²) in [6, 6.07) is 0. The molecule has 72 valence electrons. The molecule has 0 rings (SSSR count). The van der Waals surface area contributed by atoms with Crippen LogP contribution in [0.1, 0.15) is 39.5 Å². The van der Waals surface area contributed by atoms with E-state index >= 15 is 0 Å². The van der Waals surface area contributed by atoms with E-state index < -0.39 is 12.3 Å². The van der Waals surface area contributed by atoms with Gasteiger partial charge >= 0.3 is 0 Å². The van der Waals surface area contributed by atoms with Crippen LogP contribution in [0.3, 0.4) is 0 Å². The molecule has 1 unspecified atom stereocenters. The van der Waals surface area contributed by atoms with Gasteiger partial charge < -0.3 is 0 Å². The molecule has 0 amide bonds. The molecule has 0 bridgehead atoms. The largest absolute Gasteiger partial charge is 0.299 e. The van der Waals surface area contributed by atoms with E-state index in [9.17, 15) is 13.6 Å². The number of ketones is 1. The van der Waals surface area contributed by atoms with Crippen LogP contribution in [0, 0.1) is 5.92 Å². The van der Waals surface area contributed by atoms with Crippen molar-refractivity contribution in [1.29, 1.82) is 0 Å². The second kappa shape index (κ2) is 6.09. The van der Waals surface area contributed by atoms with Crippen molar-refractivity contribution in [1.82, 2.24) is 0 Å². The molecule has 0 heterocycles. The van der Waals surface area contributed by atoms with E-state index in [0.29, 0.717) is 12.8 Å². The van der Waals surface area contributed by atoms with Gasteiger partial charge in [0.05, 0.1) is 5.92 Å². The molecule has 0 aliphatic rings. The minimum Gasteiger partial charge on any atom is -0.299 e. The van der Waals surface area contributed by atoms with Crippen LogP contribution in [-0.2, 0) is 4.79 Å². The Balaban J connectivity index is 3.95. The Bertz CT molecular complexity index is 134. The molecule has 0 aliphatic carbocycles. The number of halogens is 2. The van der Waals surface area contributed by atoms with Crippen molar-refractivity contribution >= 4 is 5.78 Å². The summed E-state index contributed by atoms with van der Waals surface area (Å²) in [5, 5.41) is 0. The zero-order valence-corrected chi connectivity index (χ0v) is 7.65. The SMILES string of the molecule is CCCCC(C(=O)CC)C(F)F. The maximum Gasteiger partial charge on any atom is 0.248 e. The summed E-state index contributed by atoms with van der Waals surface area (Å²) in [6.07, 6.45) is -0.357. The third-order valence-electron chi connectivity index (χ3n) is 1.93. The van der Waals surface area contributed by atoms with Crippen LogP contribution in [0.5, 0.6) is 0 Å². The third-order valence-corrected chi connectivity index (χ3v) is 1.93. The smallest absolute Gasteiger partial charge is 0.248 e. The molecule has 0 aliphatic heterocycles. The molecule has 0 saturated heterocycles. The fourth-order valence-electron chi connectivity index (χ4n) is 1.11. The molecule has 1 nitrogen and oxygen atoms in total. The minimum absolute atomic E-state index is 0.221. The summed E-state index contributed by atoms with van der Waals surface area (Å²) in [7, 11) is 0. The summed E-state index contributed by atoms with van der Waals surface area (Å²) in [4.78, 5) is 11.0.